The largest absolute Gasteiger partial charge is 0.467 e. The summed E-state index contributed by atoms with van der Waals surface area (Å²) in [6, 6.07) is 9.64. The Balaban J connectivity index is 1.68. The molecule has 2 N–H and O–H groups in total. The fourth-order valence-electron chi connectivity index (χ4n) is 3.87. The molecule has 0 radical (unpaired) electrons. The van der Waals surface area contributed by atoms with Crippen LogP contribution in [0.1, 0.15) is 25.3 Å². The van der Waals surface area contributed by atoms with Crippen LogP contribution in [0.4, 0.5) is 13.9 Å². The fraction of sp³-hybridized carbons (Fsp3) is 0.269. The molecule has 0 unspecified atom stereocenters. The highest BCUT2D eigenvalue weighted by atomic mass is 32.1. The first-order valence-electron chi connectivity index (χ1n) is 11.1. The topological polar surface area (TPSA) is 80.3 Å². The van der Waals surface area contributed by atoms with Crippen LogP contribution in [-0.2, 0) is 14.3 Å². The first-order valence-corrected chi connectivity index (χ1v) is 11.9. The van der Waals surface area contributed by atoms with Gasteiger partial charge in [0.2, 0.25) is 0 Å². The molecule has 0 aliphatic heterocycles. The minimum absolute atomic E-state index is 0.217. The van der Waals surface area contributed by atoms with Crippen molar-refractivity contribution in [1.82, 2.24) is 10.3 Å². The van der Waals surface area contributed by atoms with Crippen molar-refractivity contribution < 1.29 is 23.1 Å². The summed E-state index contributed by atoms with van der Waals surface area (Å²) in [6.07, 6.45) is 6.91. The van der Waals surface area contributed by atoms with Crippen LogP contribution in [0.5, 0.6) is 0 Å². The number of nitrogens with one attached hydrogen (secondary N) is 2. The molecule has 3 aromatic rings. The normalized spacial score (nSPS) is 20.1. The molecular formula is C26H25F2N3O3S. The van der Waals surface area contributed by atoms with Crippen LogP contribution < -0.4 is 10.6 Å². The third kappa shape index (κ3) is 5.24. The Morgan fingerprint density at radius 1 is 1.09 bits per heavy atom. The van der Waals surface area contributed by atoms with Crippen molar-refractivity contribution in [3.63, 3.8) is 0 Å². The van der Waals surface area contributed by atoms with Crippen LogP contribution in [0.15, 0.2) is 66.8 Å². The number of methoxy groups -OCH3 is 1. The van der Waals surface area contributed by atoms with E-state index in [1.807, 2.05) is 0 Å². The third-order valence-corrected chi connectivity index (χ3v) is 6.75. The Bertz CT molecular complexity index is 1300. The maximum Gasteiger partial charge on any atom is 0.328 e. The number of hydrogen-bond donors (Lipinski definition) is 2. The number of thiazole rings is 1. The van der Waals surface area contributed by atoms with E-state index in [4.69, 9.17) is 4.74 Å². The highest BCUT2D eigenvalue weighted by Crippen LogP contribution is 2.33. The molecule has 1 heterocycles. The van der Waals surface area contributed by atoms with E-state index in [0.717, 1.165) is 5.56 Å². The molecule has 1 aliphatic carbocycles. The highest BCUT2D eigenvalue weighted by molar-refractivity contribution is 7.22. The summed E-state index contributed by atoms with van der Waals surface area (Å²) in [6.45, 7) is 3.60. The predicted octanol–water partition coefficient (Wildman–Crippen LogP) is 4.95. The molecule has 1 atom stereocenters. The number of ether oxygens (including phenoxy) is 1. The zero-order valence-electron chi connectivity index (χ0n) is 19.4. The second kappa shape index (κ2) is 9.95. The molecule has 0 bridgehead atoms. The molecule has 0 fully saturated rings. The van der Waals surface area contributed by atoms with Crippen LogP contribution in [0.25, 0.3) is 10.2 Å². The number of carbonyl (C=O) groups is 2. The van der Waals surface area contributed by atoms with Gasteiger partial charge in [0.15, 0.2) is 10.7 Å². The lowest BCUT2D eigenvalue weighted by Gasteiger charge is -2.33. The Hall–Kier alpha value is -3.59. The Labute approximate surface area is 205 Å². The average Bonchev–Trinajstić information content (AvgIpc) is 3.23. The number of hydrogen-bond acceptors (Lipinski definition) is 6. The van der Waals surface area contributed by atoms with Gasteiger partial charge in [-0.25, -0.2) is 18.6 Å². The van der Waals surface area contributed by atoms with Crippen molar-refractivity contribution in [1.29, 1.82) is 0 Å². The molecule has 0 saturated carbocycles. The molecule has 35 heavy (non-hydrogen) atoms. The summed E-state index contributed by atoms with van der Waals surface area (Å²) in [4.78, 5) is 30.4. The van der Waals surface area contributed by atoms with Gasteiger partial charge in [0, 0.05) is 5.92 Å². The number of fused-ring (bicyclic) bond motifs is 1. The van der Waals surface area contributed by atoms with E-state index in [1.165, 1.54) is 42.7 Å². The summed E-state index contributed by atoms with van der Waals surface area (Å²) >= 11 is 1.20. The van der Waals surface area contributed by atoms with Gasteiger partial charge in [-0.1, -0.05) is 49.5 Å². The van der Waals surface area contributed by atoms with Gasteiger partial charge in [-0.3, -0.25) is 4.79 Å². The molecule has 0 spiro atoms. The van der Waals surface area contributed by atoms with E-state index < -0.39 is 23.5 Å². The number of nitrogens with zero attached hydrogens (tertiary/aromatic N) is 1. The molecule has 0 saturated heterocycles. The van der Waals surface area contributed by atoms with E-state index in [-0.39, 0.29) is 23.5 Å². The second-order valence-corrected chi connectivity index (χ2v) is 9.67. The highest BCUT2D eigenvalue weighted by Gasteiger charge is 2.39. The number of rotatable bonds is 7. The van der Waals surface area contributed by atoms with Gasteiger partial charge in [0.25, 0.3) is 5.91 Å². The minimum Gasteiger partial charge on any atom is -0.467 e. The number of benzene rings is 2. The average molecular weight is 498 g/mol. The summed E-state index contributed by atoms with van der Waals surface area (Å²) in [5, 5.41) is 6.35. The van der Waals surface area contributed by atoms with Crippen LogP contribution in [0, 0.1) is 17.6 Å². The smallest absolute Gasteiger partial charge is 0.328 e. The molecule has 9 heteroatoms. The Kier molecular flexibility index (Phi) is 6.98. The lowest BCUT2D eigenvalue weighted by atomic mass is 9.85. The molecule has 1 aromatic heterocycles. The lowest BCUT2D eigenvalue weighted by Crippen LogP contribution is -2.56. The zero-order valence-corrected chi connectivity index (χ0v) is 20.2. The number of halogens is 2. The summed E-state index contributed by atoms with van der Waals surface area (Å²) in [5.41, 5.74) is -0.0701. The van der Waals surface area contributed by atoms with Crippen molar-refractivity contribution >= 4 is 38.6 Å². The van der Waals surface area contributed by atoms with Gasteiger partial charge in [0.1, 0.15) is 17.7 Å². The molecule has 6 nitrogen and oxygen atoms in total. The minimum atomic E-state index is -1.39. The van der Waals surface area contributed by atoms with E-state index in [2.05, 4.69) is 15.6 Å². The van der Waals surface area contributed by atoms with E-state index >= 15 is 0 Å². The maximum absolute atomic E-state index is 13.7. The predicted molar refractivity (Wildman–Crippen MR) is 132 cm³/mol. The number of allylic oxidation sites excluding steroid dienone is 2. The number of anilines is 1. The van der Waals surface area contributed by atoms with Crippen molar-refractivity contribution in [3.8, 4) is 0 Å². The van der Waals surface area contributed by atoms with Crippen LogP contribution in [-0.4, -0.2) is 35.6 Å². The van der Waals surface area contributed by atoms with Gasteiger partial charge >= 0.3 is 5.97 Å². The number of carbonyl (C=O) groups excluding carboxylic acids is 2. The zero-order chi connectivity index (χ0) is 25.2. The standard InChI is InChI=1S/C26H25F2N3O3S/c1-15(2)22(23(32)34-3)30-24(33)26(31-25-29-20-8-7-19(28)14-21(20)35-25)11-9-16(10-12-26)17-5-4-6-18(27)13-17/h4-16,22H,1-3H3,(H,29,31)(H,30,33)/t16?,22-,26?/m0/s1. The Morgan fingerprint density at radius 3 is 2.46 bits per heavy atom. The van der Waals surface area contributed by atoms with Gasteiger partial charge < -0.3 is 15.4 Å². The summed E-state index contributed by atoms with van der Waals surface area (Å²) in [7, 11) is 1.27. The maximum atomic E-state index is 13.7. The van der Waals surface area contributed by atoms with Crippen molar-refractivity contribution in [2.45, 2.75) is 31.3 Å². The molecule has 1 aliphatic rings. The van der Waals surface area contributed by atoms with Crippen molar-refractivity contribution in [2.24, 2.45) is 5.92 Å². The summed E-state index contributed by atoms with van der Waals surface area (Å²) in [5.74, 6) is -2.24. The summed E-state index contributed by atoms with van der Waals surface area (Å²) < 4.78 is 32.9. The fourth-order valence-corrected chi connectivity index (χ4v) is 4.83. The third-order valence-electron chi connectivity index (χ3n) is 5.81. The second-order valence-electron chi connectivity index (χ2n) is 8.64. The van der Waals surface area contributed by atoms with E-state index in [1.54, 1.807) is 56.4 Å². The SMILES string of the molecule is COC(=O)[C@@H](NC(=O)C1(Nc2nc3ccc(F)cc3s2)C=CC(c2cccc(F)c2)C=C1)C(C)C. The Morgan fingerprint density at radius 2 is 1.80 bits per heavy atom. The van der Waals surface area contributed by atoms with Crippen molar-refractivity contribution in [3.05, 3.63) is 84.0 Å². The van der Waals surface area contributed by atoms with E-state index in [9.17, 15) is 18.4 Å². The van der Waals surface area contributed by atoms with Gasteiger partial charge in [-0.05, 0) is 54.0 Å². The van der Waals surface area contributed by atoms with Crippen LogP contribution >= 0.6 is 11.3 Å². The quantitative estimate of drug-likeness (QED) is 0.357. The first-order chi connectivity index (χ1) is 16.7. The monoisotopic (exact) mass is 497 g/mol. The van der Waals surface area contributed by atoms with Crippen molar-refractivity contribution in [2.75, 3.05) is 12.4 Å². The number of amides is 1. The van der Waals surface area contributed by atoms with E-state index in [0.29, 0.717) is 15.3 Å². The number of esters is 1. The van der Waals surface area contributed by atoms with Crippen LogP contribution in [0.2, 0.25) is 0 Å². The van der Waals surface area contributed by atoms with Gasteiger partial charge in [-0.2, -0.15) is 0 Å². The molecular weight excluding hydrogens is 472 g/mol. The molecule has 2 aromatic carbocycles. The van der Waals surface area contributed by atoms with Gasteiger partial charge in [-0.15, -0.1) is 0 Å². The molecule has 1 amide bonds. The number of aromatic nitrogens is 1. The van der Waals surface area contributed by atoms with Crippen LogP contribution in [0.3, 0.4) is 0 Å². The lowest BCUT2D eigenvalue weighted by molar-refractivity contribution is -0.146. The first kappa shape index (κ1) is 24.5. The van der Waals surface area contributed by atoms with Gasteiger partial charge in [0.05, 0.1) is 17.3 Å². The molecule has 182 valence electrons. The molecule has 4 rings (SSSR count).